The lowest BCUT2D eigenvalue weighted by molar-refractivity contribution is 0.000321. The van der Waals surface area contributed by atoms with Gasteiger partial charge in [0, 0.05) is 23.5 Å². The number of para-hydroxylation sites is 1. The standard InChI is InChI=1S/C15H17NO2S/c1-2-5-14(13(4-1)15-6-3-9-19-15)18-11-12-10-16-7-8-17-12/h1-6,9,12,16H,7-8,10-11H2/t12-/m1/s1. The van der Waals surface area contributed by atoms with Gasteiger partial charge in [0.05, 0.1) is 6.61 Å². The summed E-state index contributed by atoms with van der Waals surface area (Å²) in [6.07, 6.45) is 0.144. The Hall–Kier alpha value is -1.36. The Balaban J connectivity index is 1.70. The Morgan fingerprint density at radius 2 is 2.21 bits per heavy atom. The number of thiophene rings is 1. The van der Waals surface area contributed by atoms with E-state index >= 15 is 0 Å². The van der Waals surface area contributed by atoms with E-state index in [0.717, 1.165) is 31.0 Å². The minimum atomic E-state index is 0.144. The molecule has 1 aliphatic rings. The molecular formula is C15H17NO2S. The Morgan fingerprint density at radius 1 is 1.26 bits per heavy atom. The van der Waals surface area contributed by atoms with Crippen LogP contribution in [0, 0.1) is 0 Å². The van der Waals surface area contributed by atoms with Crippen molar-refractivity contribution in [3.05, 3.63) is 41.8 Å². The smallest absolute Gasteiger partial charge is 0.128 e. The van der Waals surface area contributed by atoms with E-state index in [1.807, 2.05) is 18.2 Å². The van der Waals surface area contributed by atoms with Gasteiger partial charge < -0.3 is 14.8 Å². The van der Waals surface area contributed by atoms with Crippen molar-refractivity contribution < 1.29 is 9.47 Å². The first-order chi connectivity index (χ1) is 9.43. The Labute approximate surface area is 117 Å². The maximum absolute atomic E-state index is 5.94. The monoisotopic (exact) mass is 275 g/mol. The molecule has 1 aliphatic heterocycles. The zero-order chi connectivity index (χ0) is 12.9. The van der Waals surface area contributed by atoms with Gasteiger partial charge in [-0.3, -0.25) is 0 Å². The highest BCUT2D eigenvalue weighted by molar-refractivity contribution is 7.13. The summed E-state index contributed by atoms with van der Waals surface area (Å²) in [5, 5.41) is 5.39. The molecule has 0 spiro atoms. The average Bonchev–Trinajstić information content (AvgIpc) is 3.01. The molecule has 0 unspecified atom stereocenters. The lowest BCUT2D eigenvalue weighted by Crippen LogP contribution is -2.41. The Kier molecular flexibility index (Phi) is 4.13. The van der Waals surface area contributed by atoms with E-state index in [1.165, 1.54) is 4.88 Å². The molecule has 0 saturated carbocycles. The van der Waals surface area contributed by atoms with Gasteiger partial charge in [-0.05, 0) is 23.6 Å². The molecule has 1 atom stereocenters. The van der Waals surface area contributed by atoms with Crippen molar-refractivity contribution in [1.82, 2.24) is 5.32 Å². The summed E-state index contributed by atoms with van der Waals surface area (Å²) in [5.74, 6) is 0.930. The predicted octanol–water partition coefficient (Wildman–Crippen LogP) is 2.78. The van der Waals surface area contributed by atoms with Crippen LogP contribution in [0.15, 0.2) is 41.8 Å². The number of morpholine rings is 1. The highest BCUT2D eigenvalue weighted by Gasteiger charge is 2.15. The molecule has 2 aromatic rings. The second-order valence-corrected chi connectivity index (χ2v) is 5.43. The number of benzene rings is 1. The third-order valence-corrected chi connectivity index (χ3v) is 4.01. The summed E-state index contributed by atoms with van der Waals surface area (Å²) in [6.45, 7) is 3.15. The van der Waals surface area contributed by atoms with Crippen molar-refractivity contribution in [3.63, 3.8) is 0 Å². The van der Waals surface area contributed by atoms with Gasteiger partial charge in [-0.25, -0.2) is 0 Å². The number of hydrogen-bond acceptors (Lipinski definition) is 4. The van der Waals surface area contributed by atoms with E-state index in [2.05, 4.69) is 28.9 Å². The highest BCUT2D eigenvalue weighted by Crippen LogP contribution is 2.33. The lowest BCUT2D eigenvalue weighted by atomic mass is 10.1. The van der Waals surface area contributed by atoms with Crippen molar-refractivity contribution in [2.24, 2.45) is 0 Å². The van der Waals surface area contributed by atoms with Gasteiger partial charge in [0.25, 0.3) is 0 Å². The first-order valence-corrected chi connectivity index (χ1v) is 7.39. The molecule has 0 radical (unpaired) electrons. The van der Waals surface area contributed by atoms with E-state index in [4.69, 9.17) is 9.47 Å². The first kappa shape index (κ1) is 12.7. The fourth-order valence-corrected chi connectivity index (χ4v) is 2.89. The second-order valence-electron chi connectivity index (χ2n) is 4.48. The van der Waals surface area contributed by atoms with Gasteiger partial charge in [-0.1, -0.05) is 18.2 Å². The molecule has 1 saturated heterocycles. The van der Waals surface area contributed by atoms with Crippen LogP contribution in [0.3, 0.4) is 0 Å². The SMILES string of the molecule is c1csc(-c2ccccc2OC[C@H]2CNCCO2)c1. The summed E-state index contributed by atoms with van der Waals surface area (Å²) in [7, 11) is 0. The molecule has 100 valence electrons. The van der Waals surface area contributed by atoms with Crippen LogP contribution in [0.4, 0.5) is 0 Å². The third-order valence-electron chi connectivity index (χ3n) is 3.10. The molecule has 3 rings (SSSR count). The lowest BCUT2D eigenvalue weighted by Gasteiger charge is -2.24. The Bertz CT molecular complexity index is 507. The number of ether oxygens (including phenoxy) is 2. The quantitative estimate of drug-likeness (QED) is 0.930. The van der Waals surface area contributed by atoms with Crippen molar-refractivity contribution in [1.29, 1.82) is 0 Å². The molecule has 0 bridgehead atoms. The zero-order valence-electron chi connectivity index (χ0n) is 10.7. The molecule has 2 heterocycles. The van der Waals surface area contributed by atoms with Crippen molar-refractivity contribution >= 4 is 11.3 Å². The topological polar surface area (TPSA) is 30.5 Å². The van der Waals surface area contributed by atoms with E-state index in [0.29, 0.717) is 6.61 Å². The van der Waals surface area contributed by atoms with Gasteiger partial charge in [-0.2, -0.15) is 0 Å². The maximum atomic E-state index is 5.94. The minimum absolute atomic E-state index is 0.144. The molecule has 3 nitrogen and oxygen atoms in total. The summed E-state index contributed by atoms with van der Waals surface area (Å²) >= 11 is 1.73. The van der Waals surface area contributed by atoms with Crippen LogP contribution in [0.1, 0.15) is 0 Å². The molecule has 1 fully saturated rings. The number of hydrogen-bond donors (Lipinski definition) is 1. The van der Waals surface area contributed by atoms with Crippen LogP contribution in [0.2, 0.25) is 0 Å². The predicted molar refractivity (Wildman–Crippen MR) is 77.9 cm³/mol. The third kappa shape index (κ3) is 3.15. The fraction of sp³-hybridized carbons (Fsp3) is 0.333. The van der Waals surface area contributed by atoms with Gasteiger partial charge in [0.15, 0.2) is 0 Å². The summed E-state index contributed by atoms with van der Waals surface area (Å²) in [4.78, 5) is 1.23. The molecule has 4 heteroatoms. The van der Waals surface area contributed by atoms with Crippen molar-refractivity contribution in [2.45, 2.75) is 6.10 Å². The van der Waals surface area contributed by atoms with Crippen LogP contribution in [0.5, 0.6) is 5.75 Å². The summed E-state index contributed by atoms with van der Waals surface area (Å²) < 4.78 is 11.6. The molecule has 1 N–H and O–H groups in total. The molecule has 1 aromatic carbocycles. The largest absolute Gasteiger partial charge is 0.490 e. The summed E-state index contributed by atoms with van der Waals surface area (Å²) in [6, 6.07) is 12.3. The van der Waals surface area contributed by atoms with Gasteiger partial charge in [0.2, 0.25) is 0 Å². The highest BCUT2D eigenvalue weighted by atomic mass is 32.1. The van der Waals surface area contributed by atoms with Gasteiger partial charge in [0.1, 0.15) is 18.5 Å². The van der Waals surface area contributed by atoms with Crippen molar-refractivity contribution in [3.8, 4) is 16.2 Å². The average molecular weight is 275 g/mol. The van der Waals surface area contributed by atoms with E-state index in [1.54, 1.807) is 11.3 Å². The number of rotatable bonds is 4. The van der Waals surface area contributed by atoms with Gasteiger partial charge >= 0.3 is 0 Å². The Morgan fingerprint density at radius 3 is 3.00 bits per heavy atom. The normalized spacial score (nSPS) is 19.3. The van der Waals surface area contributed by atoms with Crippen molar-refractivity contribution in [2.75, 3.05) is 26.3 Å². The summed E-state index contributed by atoms with van der Waals surface area (Å²) in [5.41, 5.74) is 1.15. The van der Waals surface area contributed by atoms with E-state index in [9.17, 15) is 0 Å². The number of nitrogens with one attached hydrogen (secondary N) is 1. The van der Waals surface area contributed by atoms with Crippen LogP contribution in [0.25, 0.3) is 10.4 Å². The fourth-order valence-electron chi connectivity index (χ4n) is 2.14. The molecule has 0 amide bonds. The minimum Gasteiger partial charge on any atom is -0.490 e. The molecule has 1 aromatic heterocycles. The molecule has 0 aliphatic carbocycles. The van der Waals surface area contributed by atoms with Crippen LogP contribution in [-0.4, -0.2) is 32.4 Å². The van der Waals surface area contributed by atoms with Crippen LogP contribution < -0.4 is 10.1 Å². The molecular weight excluding hydrogens is 258 g/mol. The van der Waals surface area contributed by atoms with Crippen LogP contribution >= 0.6 is 11.3 Å². The second kappa shape index (κ2) is 6.19. The van der Waals surface area contributed by atoms with E-state index in [-0.39, 0.29) is 6.10 Å². The van der Waals surface area contributed by atoms with Crippen LogP contribution in [-0.2, 0) is 4.74 Å². The zero-order valence-corrected chi connectivity index (χ0v) is 11.5. The van der Waals surface area contributed by atoms with Gasteiger partial charge in [-0.15, -0.1) is 11.3 Å². The molecule has 19 heavy (non-hydrogen) atoms. The first-order valence-electron chi connectivity index (χ1n) is 6.51. The maximum Gasteiger partial charge on any atom is 0.128 e. The van der Waals surface area contributed by atoms with E-state index < -0.39 is 0 Å².